The zero-order valence-electron chi connectivity index (χ0n) is 15.5. The van der Waals surface area contributed by atoms with Crippen molar-refractivity contribution >= 4 is 17.3 Å². The molecule has 5 nitrogen and oxygen atoms in total. The number of nitrogens with zero attached hydrogens (tertiary/aromatic N) is 2. The first-order chi connectivity index (χ1) is 12.1. The fourth-order valence-electron chi connectivity index (χ4n) is 2.19. The van der Waals surface area contributed by atoms with Crippen LogP contribution in [-0.2, 0) is 6.54 Å². The predicted octanol–water partition coefficient (Wildman–Crippen LogP) is 3.71. The van der Waals surface area contributed by atoms with Crippen molar-refractivity contribution in [3.63, 3.8) is 0 Å². The number of ether oxygens (including phenoxy) is 1. The molecule has 25 heavy (non-hydrogen) atoms. The summed E-state index contributed by atoms with van der Waals surface area (Å²) in [5.41, 5.74) is 2.34. The number of aryl methyl sites for hydroxylation is 1. The monoisotopic (exact) mass is 360 g/mol. The Morgan fingerprint density at radius 3 is 2.84 bits per heavy atom. The Balaban J connectivity index is 1.80. The van der Waals surface area contributed by atoms with E-state index >= 15 is 0 Å². The highest BCUT2D eigenvalue weighted by molar-refractivity contribution is 7.09. The Kier molecular flexibility index (Phi) is 7.73. The molecule has 136 valence electrons. The molecule has 0 saturated heterocycles. The van der Waals surface area contributed by atoms with Crippen LogP contribution >= 0.6 is 11.3 Å². The van der Waals surface area contributed by atoms with Crippen molar-refractivity contribution in [3.05, 3.63) is 45.9 Å². The van der Waals surface area contributed by atoms with Crippen molar-refractivity contribution < 1.29 is 4.74 Å². The molecule has 0 aliphatic rings. The van der Waals surface area contributed by atoms with Crippen LogP contribution in [0.5, 0.6) is 5.75 Å². The van der Waals surface area contributed by atoms with E-state index in [4.69, 9.17) is 4.74 Å². The third-order valence-electron chi connectivity index (χ3n) is 3.53. The molecule has 0 aliphatic heterocycles. The molecular formula is C19H28N4OS. The van der Waals surface area contributed by atoms with Gasteiger partial charge in [0.25, 0.3) is 0 Å². The number of hydrogen-bond acceptors (Lipinski definition) is 4. The summed E-state index contributed by atoms with van der Waals surface area (Å²) >= 11 is 1.67. The first kappa shape index (κ1) is 19.2. The molecule has 0 bridgehead atoms. The highest BCUT2D eigenvalue weighted by Gasteiger charge is 2.05. The van der Waals surface area contributed by atoms with Crippen LogP contribution in [0.4, 0.5) is 0 Å². The zero-order chi connectivity index (χ0) is 18.1. The summed E-state index contributed by atoms with van der Waals surface area (Å²) in [6.07, 6.45) is 0. The van der Waals surface area contributed by atoms with Gasteiger partial charge in [-0.05, 0) is 37.5 Å². The Hall–Kier alpha value is -2.08. The Morgan fingerprint density at radius 1 is 1.32 bits per heavy atom. The molecule has 0 aliphatic carbocycles. The van der Waals surface area contributed by atoms with Crippen molar-refractivity contribution in [1.82, 2.24) is 15.6 Å². The largest absolute Gasteiger partial charge is 0.492 e. The summed E-state index contributed by atoms with van der Waals surface area (Å²) in [5, 5.41) is 9.70. The number of thiazole rings is 1. The third kappa shape index (κ3) is 6.74. The lowest BCUT2D eigenvalue weighted by Crippen LogP contribution is -2.39. The summed E-state index contributed by atoms with van der Waals surface area (Å²) in [6.45, 7) is 11.1. The molecule has 0 unspecified atom stereocenters. The van der Waals surface area contributed by atoms with E-state index < -0.39 is 0 Å². The third-order valence-corrected chi connectivity index (χ3v) is 4.38. The second-order valence-corrected chi connectivity index (χ2v) is 7.05. The molecule has 0 atom stereocenters. The van der Waals surface area contributed by atoms with Crippen LogP contribution in [-0.4, -0.2) is 30.6 Å². The normalized spacial score (nSPS) is 11.6. The molecular weight excluding hydrogens is 332 g/mol. The van der Waals surface area contributed by atoms with Gasteiger partial charge in [0.15, 0.2) is 5.96 Å². The first-order valence-corrected chi connectivity index (χ1v) is 9.62. The summed E-state index contributed by atoms with van der Waals surface area (Å²) in [6, 6.07) is 8.07. The Bertz CT molecular complexity index is 682. The average molecular weight is 361 g/mol. The van der Waals surface area contributed by atoms with Gasteiger partial charge in [0.2, 0.25) is 0 Å². The second kappa shape index (κ2) is 10.0. The minimum atomic E-state index is 0.458. The lowest BCUT2D eigenvalue weighted by molar-refractivity contribution is 0.321. The summed E-state index contributed by atoms with van der Waals surface area (Å²) in [5.74, 6) is 2.14. The van der Waals surface area contributed by atoms with E-state index in [0.717, 1.165) is 29.0 Å². The van der Waals surface area contributed by atoms with E-state index in [1.807, 2.05) is 18.2 Å². The zero-order valence-corrected chi connectivity index (χ0v) is 16.3. The van der Waals surface area contributed by atoms with Gasteiger partial charge in [-0.2, -0.15) is 0 Å². The van der Waals surface area contributed by atoms with Crippen LogP contribution in [0.15, 0.2) is 34.6 Å². The quantitative estimate of drug-likeness (QED) is 0.428. The molecule has 1 heterocycles. The predicted molar refractivity (Wildman–Crippen MR) is 106 cm³/mol. The maximum atomic E-state index is 5.75. The number of nitrogens with one attached hydrogen (secondary N) is 2. The second-order valence-electron chi connectivity index (χ2n) is 6.11. The molecule has 1 aromatic heterocycles. The molecule has 6 heteroatoms. The number of hydrogen-bond donors (Lipinski definition) is 2. The van der Waals surface area contributed by atoms with Gasteiger partial charge in [-0.3, -0.25) is 0 Å². The lowest BCUT2D eigenvalue weighted by Gasteiger charge is -2.12. The van der Waals surface area contributed by atoms with Crippen molar-refractivity contribution in [2.24, 2.45) is 4.99 Å². The lowest BCUT2D eigenvalue weighted by atomic mass is 10.2. The van der Waals surface area contributed by atoms with E-state index in [0.29, 0.717) is 25.6 Å². The average Bonchev–Trinajstić information content (AvgIpc) is 3.06. The van der Waals surface area contributed by atoms with Gasteiger partial charge < -0.3 is 15.4 Å². The minimum absolute atomic E-state index is 0.458. The molecule has 0 saturated carbocycles. The smallest absolute Gasteiger partial charge is 0.191 e. The number of aromatic nitrogens is 1. The molecule has 2 rings (SSSR count). The van der Waals surface area contributed by atoms with Crippen LogP contribution in [0, 0.1) is 6.92 Å². The molecule has 0 fully saturated rings. The Labute approximate surface area is 154 Å². The standard InChI is InChI=1S/C19H28N4OS/c1-5-20-19(22-12-18-23-17(13-25-18)14(2)3)21-9-10-24-16-8-6-7-15(4)11-16/h6-8,11,13-14H,5,9-10,12H2,1-4H3,(H2,20,21,22). The topological polar surface area (TPSA) is 58.5 Å². The van der Waals surface area contributed by atoms with Crippen LogP contribution in [0.25, 0.3) is 0 Å². The molecule has 2 aromatic rings. The number of guanidine groups is 1. The van der Waals surface area contributed by atoms with Crippen molar-refractivity contribution in [2.45, 2.75) is 40.2 Å². The fraction of sp³-hybridized carbons (Fsp3) is 0.474. The van der Waals surface area contributed by atoms with Crippen molar-refractivity contribution in [2.75, 3.05) is 19.7 Å². The summed E-state index contributed by atoms with van der Waals surface area (Å²) in [7, 11) is 0. The number of benzene rings is 1. The van der Waals surface area contributed by atoms with Crippen LogP contribution in [0.1, 0.15) is 43.0 Å². The van der Waals surface area contributed by atoms with Gasteiger partial charge in [0.1, 0.15) is 17.4 Å². The molecule has 0 radical (unpaired) electrons. The van der Waals surface area contributed by atoms with Crippen LogP contribution < -0.4 is 15.4 Å². The number of aliphatic imine (C=N–C) groups is 1. The Morgan fingerprint density at radius 2 is 2.16 bits per heavy atom. The van der Waals surface area contributed by atoms with Gasteiger partial charge in [-0.1, -0.05) is 26.0 Å². The van der Waals surface area contributed by atoms with Crippen LogP contribution in [0.2, 0.25) is 0 Å². The van der Waals surface area contributed by atoms with E-state index in [2.05, 4.69) is 59.8 Å². The van der Waals surface area contributed by atoms with Gasteiger partial charge >= 0.3 is 0 Å². The van der Waals surface area contributed by atoms with E-state index in [-0.39, 0.29) is 0 Å². The minimum Gasteiger partial charge on any atom is -0.492 e. The van der Waals surface area contributed by atoms with Gasteiger partial charge in [0, 0.05) is 11.9 Å². The summed E-state index contributed by atoms with van der Waals surface area (Å²) in [4.78, 5) is 9.22. The molecule has 1 aromatic carbocycles. The fourth-order valence-corrected chi connectivity index (χ4v) is 3.07. The van der Waals surface area contributed by atoms with Gasteiger partial charge in [-0.15, -0.1) is 11.3 Å². The summed E-state index contributed by atoms with van der Waals surface area (Å²) < 4.78 is 5.75. The van der Waals surface area contributed by atoms with Crippen LogP contribution in [0.3, 0.4) is 0 Å². The van der Waals surface area contributed by atoms with Crippen molar-refractivity contribution in [3.8, 4) is 5.75 Å². The number of rotatable bonds is 8. The molecule has 0 amide bonds. The van der Waals surface area contributed by atoms with E-state index in [1.165, 1.54) is 5.56 Å². The maximum absolute atomic E-state index is 5.75. The van der Waals surface area contributed by atoms with Gasteiger partial charge in [0.05, 0.1) is 18.8 Å². The SMILES string of the molecule is CCNC(=NCc1nc(C(C)C)cs1)NCCOc1cccc(C)c1. The van der Waals surface area contributed by atoms with E-state index in [9.17, 15) is 0 Å². The first-order valence-electron chi connectivity index (χ1n) is 8.74. The van der Waals surface area contributed by atoms with Gasteiger partial charge in [-0.25, -0.2) is 9.98 Å². The van der Waals surface area contributed by atoms with Crippen molar-refractivity contribution in [1.29, 1.82) is 0 Å². The molecule has 2 N–H and O–H groups in total. The molecule has 0 spiro atoms. The maximum Gasteiger partial charge on any atom is 0.191 e. The van der Waals surface area contributed by atoms with E-state index in [1.54, 1.807) is 11.3 Å². The highest BCUT2D eigenvalue weighted by atomic mass is 32.1. The highest BCUT2D eigenvalue weighted by Crippen LogP contribution is 2.18.